The Kier molecular flexibility index (Phi) is 18.1. The first-order chi connectivity index (χ1) is 17.1. The maximum Gasteiger partial charge on any atom is 0.0390 e. The van der Waals surface area contributed by atoms with E-state index in [1.165, 1.54) is 133 Å². The van der Waals surface area contributed by atoms with Gasteiger partial charge in [-0.3, -0.25) is 4.90 Å². The van der Waals surface area contributed by atoms with Crippen LogP contribution in [0.2, 0.25) is 0 Å². The summed E-state index contributed by atoms with van der Waals surface area (Å²) in [4.78, 5) is 8.13. The number of hydrogen-bond acceptors (Lipinski definition) is 3. The first kappa shape index (κ1) is 31.8. The quantitative estimate of drug-likeness (QED) is 0.161. The van der Waals surface area contributed by atoms with E-state index in [2.05, 4.69) is 81.4 Å². The van der Waals surface area contributed by atoms with Crippen molar-refractivity contribution in [2.75, 3.05) is 49.1 Å². The van der Waals surface area contributed by atoms with Crippen LogP contribution in [0.4, 0.5) is 11.4 Å². The average Bonchev–Trinajstić information content (AvgIpc) is 2.88. The van der Waals surface area contributed by atoms with Crippen LogP contribution >= 0.6 is 0 Å². The smallest absolute Gasteiger partial charge is 0.0390 e. The highest BCUT2D eigenvalue weighted by molar-refractivity contribution is 5.62. The zero-order valence-electron chi connectivity index (χ0n) is 24.9. The minimum absolute atomic E-state index is 0.463. The van der Waals surface area contributed by atoms with E-state index in [9.17, 15) is 0 Å². The lowest BCUT2D eigenvalue weighted by atomic mass is 10.0. The topological polar surface area (TPSA) is 9.72 Å². The van der Waals surface area contributed by atoms with E-state index >= 15 is 0 Å². The van der Waals surface area contributed by atoms with Crippen molar-refractivity contribution >= 4 is 11.4 Å². The Hall–Kier alpha value is -1.22. The van der Waals surface area contributed by atoms with Gasteiger partial charge in [-0.05, 0) is 82.3 Å². The van der Waals surface area contributed by atoms with Gasteiger partial charge in [0, 0.05) is 43.6 Å². The van der Waals surface area contributed by atoms with Gasteiger partial charge in [-0.25, -0.2) is 0 Å². The standard InChI is InChI=1S/C32H61N3/c1-8-14-20-33(21-15-9-2)29(7)30-26-31(34(22-16-10-3)23-17-11-4)28-32(27-30)35(24-18-12-5)25-19-13-6/h26-29H,8-25H2,1-7H3. The summed E-state index contributed by atoms with van der Waals surface area (Å²) >= 11 is 0. The predicted octanol–water partition coefficient (Wildman–Crippen LogP) is 9.46. The van der Waals surface area contributed by atoms with Crippen LogP contribution in [0.25, 0.3) is 0 Å². The molecule has 3 nitrogen and oxygen atoms in total. The summed E-state index contributed by atoms with van der Waals surface area (Å²) < 4.78 is 0. The molecule has 0 radical (unpaired) electrons. The van der Waals surface area contributed by atoms with Crippen molar-refractivity contribution in [3.8, 4) is 0 Å². The summed E-state index contributed by atoms with van der Waals surface area (Å²) in [6.45, 7) is 23.5. The molecule has 1 rings (SSSR count). The lowest BCUT2D eigenvalue weighted by Gasteiger charge is -2.33. The summed E-state index contributed by atoms with van der Waals surface area (Å²) in [5.41, 5.74) is 4.42. The molecule has 0 aliphatic carbocycles. The van der Waals surface area contributed by atoms with Gasteiger partial charge in [0.2, 0.25) is 0 Å². The van der Waals surface area contributed by atoms with Crippen LogP contribution in [-0.4, -0.2) is 44.2 Å². The summed E-state index contributed by atoms with van der Waals surface area (Å²) in [7, 11) is 0. The maximum atomic E-state index is 2.75. The van der Waals surface area contributed by atoms with Crippen LogP contribution in [0, 0.1) is 0 Å². The Balaban J connectivity index is 3.45. The molecule has 0 amide bonds. The fourth-order valence-electron chi connectivity index (χ4n) is 4.79. The van der Waals surface area contributed by atoms with Gasteiger partial charge in [-0.15, -0.1) is 0 Å². The molecule has 1 aromatic rings. The average molecular weight is 488 g/mol. The second-order valence-corrected chi connectivity index (χ2v) is 10.6. The van der Waals surface area contributed by atoms with Crippen LogP contribution in [0.3, 0.4) is 0 Å². The van der Waals surface area contributed by atoms with E-state index in [1.807, 2.05) is 0 Å². The third kappa shape index (κ3) is 12.0. The summed E-state index contributed by atoms with van der Waals surface area (Å²) in [6, 6.07) is 8.07. The minimum Gasteiger partial charge on any atom is -0.371 e. The second-order valence-electron chi connectivity index (χ2n) is 10.6. The van der Waals surface area contributed by atoms with Crippen LogP contribution in [0.15, 0.2) is 18.2 Å². The minimum atomic E-state index is 0.463. The SMILES string of the molecule is CCCCN(CCCC)c1cc(C(C)N(CCCC)CCCC)cc(N(CCCC)CCCC)c1. The Morgan fingerprint density at radius 1 is 0.486 bits per heavy atom. The van der Waals surface area contributed by atoms with Crippen LogP contribution < -0.4 is 9.80 Å². The predicted molar refractivity (Wildman–Crippen MR) is 160 cm³/mol. The van der Waals surface area contributed by atoms with Gasteiger partial charge < -0.3 is 9.80 Å². The molecular weight excluding hydrogens is 426 g/mol. The lowest BCUT2D eigenvalue weighted by Crippen LogP contribution is -2.31. The largest absolute Gasteiger partial charge is 0.371 e. The fourth-order valence-corrected chi connectivity index (χ4v) is 4.79. The molecule has 0 N–H and O–H groups in total. The molecule has 1 atom stereocenters. The molecule has 0 aliphatic heterocycles. The van der Waals surface area contributed by atoms with E-state index in [-0.39, 0.29) is 0 Å². The van der Waals surface area contributed by atoms with Crippen molar-refractivity contribution in [3.63, 3.8) is 0 Å². The highest BCUT2D eigenvalue weighted by Gasteiger charge is 2.19. The molecule has 3 heteroatoms. The Morgan fingerprint density at radius 2 is 0.800 bits per heavy atom. The van der Waals surface area contributed by atoms with Crippen molar-refractivity contribution in [1.29, 1.82) is 0 Å². The van der Waals surface area contributed by atoms with Crippen molar-refractivity contribution < 1.29 is 0 Å². The number of nitrogens with zero attached hydrogens (tertiary/aromatic N) is 3. The molecule has 35 heavy (non-hydrogen) atoms. The van der Waals surface area contributed by atoms with Crippen LogP contribution in [0.1, 0.15) is 137 Å². The number of hydrogen-bond donors (Lipinski definition) is 0. The third-order valence-electron chi connectivity index (χ3n) is 7.41. The van der Waals surface area contributed by atoms with Crippen molar-refractivity contribution in [1.82, 2.24) is 4.90 Å². The highest BCUT2D eigenvalue weighted by Crippen LogP contribution is 2.32. The van der Waals surface area contributed by atoms with Gasteiger partial charge in [0.05, 0.1) is 0 Å². The Labute approximate surface area is 220 Å². The molecule has 1 unspecified atom stereocenters. The summed E-state index contributed by atoms with van der Waals surface area (Å²) in [5, 5.41) is 0. The van der Waals surface area contributed by atoms with E-state index in [0.29, 0.717) is 6.04 Å². The third-order valence-corrected chi connectivity index (χ3v) is 7.41. The molecule has 1 aromatic carbocycles. The highest BCUT2D eigenvalue weighted by atomic mass is 15.2. The molecule has 0 aromatic heterocycles. The van der Waals surface area contributed by atoms with Gasteiger partial charge in [0.1, 0.15) is 0 Å². The molecular formula is C32H61N3. The molecule has 0 saturated carbocycles. The first-order valence-corrected chi connectivity index (χ1v) is 15.4. The van der Waals surface area contributed by atoms with Crippen molar-refractivity contribution in [2.45, 2.75) is 132 Å². The van der Waals surface area contributed by atoms with Gasteiger partial charge in [-0.2, -0.15) is 0 Å². The normalized spacial score (nSPS) is 12.3. The first-order valence-electron chi connectivity index (χ1n) is 15.4. The summed E-state index contributed by atoms with van der Waals surface area (Å²) in [5.74, 6) is 0. The number of rotatable bonds is 22. The van der Waals surface area contributed by atoms with Crippen LogP contribution in [0.5, 0.6) is 0 Å². The number of anilines is 2. The van der Waals surface area contributed by atoms with Gasteiger partial charge in [0.25, 0.3) is 0 Å². The summed E-state index contributed by atoms with van der Waals surface area (Å²) in [6.07, 6.45) is 15.2. The van der Waals surface area contributed by atoms with E-state index in [4.69, 9.17) is 0 Å². The molecule has 0 aliphatic rings. The van der Waals surface area contributed by atoms with E-state index in [1.54, 1.807) is 0 Å². The van der Waals surface area contributed by atoms with Crippen molar-refractivity contribution in [3.05, 3.63) is 23.8 Å². The molecule has 0 saturated heterocycles. The molecule has 0 heterocycles. The number of benzene rings is 1. The van der Waals surface area contributed by atoms with E-state index < -0.39 is 0 Å². The molecule has 0 bridgehead atoms. The van der Waals surface area contributed by atoms with Gasteiger partial charge >= 0.3 is 0 Å². The maximum absolute atomic E-state index is 2.75. The van der Waals surface area contributed by atoms with Gasteiger partial charge in [0.15, 0.2) is 0 Å². The van der Waals surface area contributed by atoms with Gasteiger partial charge in [-0.1, -0.05) is 80.1 Å². The Bertz CT molecular complexity index is 567. The molecule has 0 fully saturated rings. The Morgan fingerprint density at radius 3 is 1.11 bits per heavy atom. The monoisotopic (exact) mass is 487 g/mol. The fraction of sp³-hybridized carbons (Fsp3) is 0.812. The lowest BCUT2D eigenvalue weighted by molar-refractivity contribution is 0.204. The second kappa shape index (κ2) is 19.9. The number of unbranched alkanes of at least 4 members (excludes halogenated alkanes) is 6. The van der Waals surface area contributed by atoms with Crippen LogP contribution in [-0.2, 0) is 0 Å². The zero-order chi connectivity index (χ0) is 25.9. The van der Waals surface area contributed by atoms with E-state index in [0.717, 1.165) is 0 Å². The molecule has 0 spiro atoms. The molecule has 204 valence electrons. The van der Waals surface area contributed by atoms with Crippen molar-refractivity contribution in [2.24, 2.45) is 0 Å². The zero-order valence-corrected chi connectivity index (χ0v) is 24.9.